The average molecular weight is 336 g/mol. The van der Waals surface area contributed by atoms with Crippen molar-refractivity contribution >= 4 is 23.3 Å². The van der Waals surface area contributed by atoms with Gasteiger partial charge in [-0.15, -0.1) is 11.3 Å². The number of carbonyl (C=O) groups is 2. The van der Waals surface area contributed by atoms with E-state index in [4.69, 9.17) is 0 Å². The summed E-state index contributed by atoms with van der Waals surface area (Å²) in [6.07, 6.45) is 3.35. The molecule has 7 heteroatoms. The van der Waals surface area contributed by atoms with Gasteiger partial charge in [-0.1, -0.05) is 13.8 Å². The second kappa shape index (κ2) is 6.57. The first kappa shape index (κ1) is 16.4. The van der Waals surface area contributed by atoms with Crippen molar-refractivity contribution in [3.63, 3.8) is 0 Å². The number of imide groups is 1. The topological polar surface area (TPSA) is 74.3 Å². The molecule has 3 heterocycles. The van der Waals surface area contributed by atoms with Gasteiger partial charge in [-0.2, -0.15) is 0 Å². The van der Waals surface area contributed by atoms with Crippen molar-refractivity contribution in [3.05, 3.63) is 16.1 Å². The number of hydrogen-bond acceptors (Lipinski definition) is 5. The van der Waals surface area contributed by atoms with Crippen molar-refractivity contribution in [2.24, 2.45) is 5.92 Å². The van der Waals surface area contributed by atoms with Crippen LogP contribution in [0.5, 0.6) is 0 Å². The Kier molecular flexibility index (Phi) is 4.68. The standard InChI is InChI=1S/C16H24N4O2S/c1-3-13-18-12(10-23-13)9-20-14(21)16(4-2,19-15(20)22)11-5-7-17-8-6-11/h10-11,17H,3-9H2,1-2H3,(H,19,22). The van der Waals surface area contributed by atoms with E-state index in [0.29, 0.717) is 6.42 Å². The lowest BCUT2D eigenvalue weighted by molar-refractivity contribution is -0.134. The van der Waals surface area contributed by atoms with Crippen LogP contribution >= 0.6 is 11.3 Å². The van der Waals surface area contributed by atoms with Crippen LogP contribution in [0.15, 0.2) is 5.38 Å². The molecule has 2 aliphatic heterocycles. The highest BCUT2D eigenvalue weighted by Gasteiger charge is 2.54. The quantitative estimate of drug-likeness (QED) is 0.806. The van der Waals surface area contributed by atoms with Gasteiger partial charge in [-0.05, 0) is 44.7 Å². The third kappa shape index (κ3) is 2.87. The number of piperidine rings is 1. The van der Waals surface area contributed by atoms with E-state index in [0.717, 1.165) is 43.1 Å². The Labute approximate surface area is 140 Å². The summed E-state index contributed by atoms with van der Waals surface area (Å²) in [5.41, 5.74) is 0.0653. The molecular weight excluding hydrogens is 312 g/mol. The summed E-state index contributed by atoms with van der Waals surface area (Å²) in [6.45, 7) is 6.12. The Morgan fingerprint density at radius 2 is 2.09 bits per heavy atom. The van der Waals surface area contributed by atoms with Crippen LogP contribution < -0.4 is 10.6 Å². The number of amides is 3. The van der Waals surface area contributed by atoms with Crippen LogP contribution in [0.1, 0.15) is 43.8 Å². The normalized spacial score (nSPS) is 25.9. The van der Waals surface area contributed by atoms with Gasteiger partial charge >= 0.3 is 6.03 Å². The summed E-state index contributed by atoms with van der Waals surface area (Å²) in [6, 6.07) is -0.276. The van der Waals surface area contributed by atoms with Crippen LogP contribution in [-0.2, 0) is 17.8 Å². The minimum absolute atomic E-state index is 0.0806. The van der Waals surface area contributed by atoms with E-state index in [-0.39, 0.29) is 24.4 Å². The van der Waals surface area contributed by atoms with Gasteiger partial charge in [0.05, 0.1) is 17.2 Å². The minimum atomic E-state index is -0.733. The molecule has 1 aromatic rings. The highest BCUT2D eigenvalue weighted by molar-refractivity contribution is 7.09. The van der Waals surface area contributed by atoms with Gasteiger partial charge in [0.1, 0.15) is 5.54 Å². The van der Waals surface area contributed by atoms with Crippen LogP contribution in [0.3, 0.4) is 0 Å². The Morgan fingerprint density at radius 3 is 2.70 bits per heavy atom. The average Bonchev–Trinajstić information content (AvgIpc) is 3.14. The number of hydrogen-bond donors (Lipinski definition) is 2. The highest BCUT2D eigenvalue weighted by Crippen LogP contribution is 2.35. The molecule has 2 fully saturated rings. The second-order valence-electron chi connectivity index (χ2n) is 6.26. The fraction of sp³-hybridized carbons (Fsp3) is 0.688. The van der Waals surface area contributed by atoms with E-state index in [2.05, 4.69) is 22.5 Å². The lowest BCUT2D eigenvalue weighted by Crippen LogP contribution is -2.55. The van der Waals surface area contributed by atoms with E-state index >= 15 is 0 Å². The van der Waals surface area contributed by atoms with Gasteiger partial charge in [0.2, 0.25) is 0 Å². The molecule has 2 saturated heterocycles. The van der Waals surface area contributed by atoms with E-state index in [1.807, 2.05) is 12.3 Å². The monoisotopic (exact) mass is 336 g/mol. The summed E-state index contributed by atoms with van der Waals surface area (Å²) in [4.78, 5) is 31.3. The minimum Gasteiger partial charge on any atom is -0.323 e. The van der Waals surface area contributed by atoms with Gasteiger partial charge in [0, 0.05) is 5.38 Å². The van der Waals surface area contributed by atoms with Crippen molar-refractivity contribution in [1.82, 2.24) is 20.5 Å². The number of nitrogens with one attached hydrogen (secondary N) is 2. The molecule has 6 nitrogen and oxygen atoms in total. The summed E-state index contributed by atoms with van der Waals surface area (Å²) in [7, 11) is 0. The Bertz CT molecular complexity index is 597. The SMILES string of the molecule is CCc1nc(CN2C(=O)NC(CC)(C3CCNCC3)C2=O)cs1. The van der Waals surface area contributed by atoms with E-state index in [1.54, 1.807) is 11.3 Å². The first-order valence-electron chi connectivity index (χ1n) is 8.38. The van der Waals surface area contributed by atoms with Gasteiger partial charge in [-0.25, -0.2) is 9.78 Å². The molecule has 23 heavy (non-hydrogen) atoms. The number of thiazole rings is 1. The Balaban J connectivity index is 1.80. The first-order chi connectivity index (χ1) is 11.1. The maximum absolute atomic E-state index is 13.0. The molecule has 3 rings (SSSR count). The molecule has 0 aliphatic carbocycles. The van der Waals surface area contributed by atoms with Crippen LogP contribution in [-0.4, -0.2) is 40.5 Å². The number of aromatic nitrogens is 1. The molecule has 1 unspecified atom stereocenters. The largest absolute Gasteiger partial charge is 0.325 e. The number of nitrogens with zero attached hydrogens (tertiary/aromatic N) is 2. The zero-order chi connectivity index (χ0) is 16.4. The highest BCUT2D eigenvalue weighted by atomic mass is 32.1. The number of rotatable bonds is 5. The predicted octanol–water partition coefficient (Wildman–Crippen LogP) is 1.91. The Hall–Kier alpha value is -1.47. The molecule has 0 bridgehead atoms. The lowest BCUT2D eigenvalue weighted by Gasteiger charge is -2.37. The maximum Gasteiger partial charge on any atom is 0.325 e. The van der Waals surface area contributed by atoms with Gasteiger partial charge < -0.3 is 10.6 Å². The summed E-state index contributed by atoms with van der Waals surface area (Å²) < 4.78 is 0. The summed E-state index contributed by atoms with van der Waals surface area (Å²) in [5.74, 6) is 0.125. The maximum atomic E-state index is 13.0. The molecule has 126 valence electrons. The van der Waals surface area contributed by atoms with E-state index < -0.39 is 5.54 Å². The van der Waals surface area contributed by atoms with Crippen LogP contribution in [0.4, 0.5) is 4.79 Å². The third-order valence-electron chi connectivity index (χ3n) is 5.02. The van der Waals surface area contributed by atoms with Gasteiger partial charge in [0.15, 0.2) is 0 Å². The molecule has 0 radical (unpaired) electrons. The van der Waals surface area contributed by atoms with E-state index in [1.165, 1.54) is 4.90 Å². The van der Waals surface area contributed by atoms with Crippen molar-refractivity contribution in [2.45, 2.75) is 51.6 Å². The number of carbonyl (C=O) groups excluding carboxylic acids is 2. The number of urea groups is 1. The van der Waals surface area contributed by atoms with Crippen molar-refractivity contribution < 1.29 is 9.59 Å². The molecule has 0 spiro atoms. The molecule has 1 aromatic heterocycles. The summed E-state index contributed by atoms with van der Waals surface area (Å²) >= 11 is 1.58. The predicted molar refractivity (Wildman–Crippen MR) is 89.2 cm³/mol. The lowest BCUT2D eigenvalue weighted by atomic mass is 9.76. The van der Waals surface area contributed by atoms with Gasteiger partial charge in [-0.3, -0.25) is 9.69 Å². The van der Waals surface area contributed by atoms with Crippen LogP contribution in [0.25, 0.3) is 0 Å². The molecule has 0 aromatic carbocycles. The zero-order valence-corrected chi connectivity index (χ0v) is 14.5. The molecule has 2 aliphatic rings. The second-order valence-corrected chi connectivity index (χ2v) is 7.20. The molecule has 3 amide bonds. The van der Waals surface area contributed by atoms with Crippen molar-refractivity contribution in [2.75, 3.05) is 13.1 Å². The van der Waals surface area contributed by atoms with E-state index in [9.17, 15) is 9.59 Å². The molecular formula is C16H24N4O2S. The van der Waals surface area contributed by atoms with Crippen molar-refractivity contribution in [3.8, 4) is 0 Å². The molecule has 1 atom stereocenters. The third-order valence-corrected chi connectivity index (χ3v) is 6.06. The number of aryl methyl sites for hydroxylation is 1. The fourth-order valence-electron chi connectivity index (χ4n) is 3.65. The summed E-state index contributed by atoms with van der Waals surface area (Å²) in [5, 5.41) is 9.31. The van der Waals surface area contributed by atoms with Gasteiger partial charge in [0.25, 0.3) is 5.91 Å². The van der Waals surface area contributed by atoms with Crippen molar-refractivity contribution in [1.29, 1.82) is 0 Å². The Morgan fingerprint density at radius 1 is 1.35 bits per heavy atom. The smallest absolute Gasteiger partial charge is 0.323 e. The fourth-order valence-corrected chi connectivity index (χ4v) is 4.39. The van der Waals surface area contributed by atoms with Crippen LogP contribution in [0, 0.1) is 5.92 Å². The first-order valence-corrected chi connectivity index (χ1v) is 9.26. The molecule has 0 saturated carbocycles. The van der Waals surface area contributed by atoms with Crippen LogP contribution in [0.2, 0.25) is 0 Å². The zero-order valence-electron chi connectivity index (χ0n) is 13.7. The molecule has 2 N–H and O–H groups in total.